The summed E-state index contributed by atoms with van der Waals surface area (Å²) >= 11 is 1.36. The molecule has 2 N–H and O–H groups in total. The minimum Gasteiger partial charge on any atom is -0.480 e. The number of rotatable bonds is 10. The standard InChI is InChI=1S/C21H27N3O5S/c1-30-13-16(20(27)28)22-18(25)9-3-2-6-10-23-19(26)17-11-14-7-4-5-8-15(14)12-24(17)21(23)29/h4-5,7-8,16-17H,2-3,6,9-13H2,1H3,(H,22,25)(H,27,28)/t16-,17+/m0/s1. The molecule has 0 spiro atoms. The molecule has 0 radical (unpaired) electrons. The molecular weight excluding hydrogens is 406 g/mol. The molecule has 0 aromatic heterocycles. The van der Waals surface area contributed by atoms with Gasteiger partial charge < -0.3 is 15.3 Å². The molecule has 1 aromatic carbocycles. The summed E-state index contributed by atoms with van der Waals surface area (Å²) < 4.78 is 0. The normalized spacial score (nSPS) is 18.8. The number of nitrogens with zero attached hydrogens (tertiary/aromatic N) is 2. The van der Waals surface area contributed by atoms with Gasteiger partial charge in [0.15, 0.2) is 0 Å². The number of carbonyl (C=O) groups excluding carboxylic acids is 3. The second kappa shape index (κ2) is 9.97. The summed E-state index contributed by atoms with van der Waals surface area (Å²) in [4.78, 5) is 51.4. The van der Waals surface area contributed by atoms with Gasteiger partial charge >= 0.3 is 12.0 Å². The van der Waals surface area contributed by atoms with Crippen molar-refractivity contribution >= 4 is 35.6 Å². The fourth-order valence-electron chi connectivity index (χ4n) is 3.92. The minimum absolute atomic E-state index is 0.145. The molecule has 162 valence electrons. The first-order valence-electron chi connectivity index (χ1n) is 10.1. The van der Waals surface area contributed by atoms with Crippen LogP contribution in [0.1, 0.15) is 36.8 Å². The van der Waals surface area contributed by atoms with E-state index < -0.39 is 18.1 Å². The maximum Gasteiger partial charge on any atom is 0.327 e. The van der Waals surface area contributed by atoms with Gasteiger partial charge in [-0.2, -0.15) is 11.8 Å². The second-order valence-electron chi connectivity index (χ2n) is 7.61. The lowest BCUT2D eigenvalue weighted by atomic mass is 9.95. The minimum atomic E-state index is -1.04. The van der Waals surface area contributed by atoms with Gasteiger partial charge in [-0.3, -0.25) is 14.5 Å². The molecule has 8 nitrogen and oxygen atoms in total. The molecule has 1 aromatic rings. The fraction of sp³-hybridized carbons (Fsp3) is 0.524. The number of nitrogens with one attached hydrogen (secondary N) is 1. The van der Waals surface area contributed by atoms with Gasteiger partial charge in [0.05, 0.1) is 0 Å². The number of urea groups is 1. The Kier molecular flexibility index (Phi) is 7.36. The van der Waals surface area contributed by atoms with Crippen molar-refractivity contribution < 1.29 is 24.3 Å². The number of carboxylic acids is 1. The van der Waals surface area contributed by atoms with Crippen molar-refractivity contribution in [2.45, 2.75) is 50.7 Å². The van der Waals surface area contributed by atoms with Crippen molar-refractivity contribution in [3.63, 3.8) is 0 Å². The van der Waals surface area contributed by atoms with Crippen molar-refractivity contribution in [1.82, 2.24) is 15.1 Å². The van der Waals surface area contributed by atoms with E-state index in [4.69, 9.17) is 5.11 Å². The van der Waals surface area contributed by atoms with Crippen molar-refractivity contribution in [2.24, 2.45) is 0 Å². The number of aliphatic carboxylic acids is 1. The zero-order valence-corrected chi connectivity index (χ0v) is 17.8. The third-order valence-electron chi connectivity index (χ3n) is 5.53. The Morgan fingerprint density at radius 3 is 2.63 bits per heavy atom. The second-order valence-corrected chi connectivity index (χ2v) is 8.52. The molecule has 4 amide bonds. The van der Waals surface area contributed by atoms with Gasteiger partial charge in [-0.1, -0.05) is 30.7 Å². The highest BCUT2D eigenvalue weighted by molar-refractivity contribution is 7.98. The number of fused-ring (bicyclic) bond motifs is 2. The monoisotopic (exact) mass is 433 g/mol. The van der Waals surface area contributed by atoms with Gasteiger partial charge in [0.25, 0.3) is 5.91 Å². The Morgan fingerprint density at radius 1 is 1.20 bits per heavy atom. The van der Waals surface area contributed by atoms with E-state index in [2.05, 4.69) is 5.32 Å². The van der Waals surface area contributed by atoms with Gasteiger partial charge in [-0.15, -0.1) is 0 Å². The topological polar surface area (TPSA) is 107 Å². The van der Waals surface area contributed by atoms with Crippen LogP contribution in [0.5, 0.6) is 0 Å². The zero-order chi connectivity index (χ0) is 21.7. The number of hydrogen-bond donors (Lipinski definition) is 2. The van der Waals surface area contributed by atoms with E-state index in [9.17, 15) is 19.2 Å². The average Bonchev–Trinajstić information content (AvgIpc) is 2.95. The van der Waals surface area contributed by atoms with Crippen LogP contribution >= 0.6 is 11.8 Å². The maximum atomic E-state index is 12.7. The predicted octanol–water partition coefficient (Wildman–Crippen LogP) is 1.87. The number of imide groups is 1. The molecular formula is C21H27N3O5S. The lowest BCUT2D eigenvalue weighted by molar-refractivity contribution is -0.141. The van der Waals surface area contributed by atoms with Gasteiger partial charge in [0.2, 0.25) is 5.91 Å². The summed E-state index contributed by atoms with van der Waals surface area (Å²) in [5, 5.41) is 11.6. The molecule has 0 unspecified atom stereocenters. The highest BCUT2D eigenvalue weighted by atomic mass is 32.2. The van der Waals surface area contributed by atoms with Crippen LogP contribution in [0.4, 0.5) is 4.79 Å². The molecule has 0 saturated carbocycles. The molecule has 30 heavy (non-hydrogen) atoms. The Labute approximate surface area is 180 Å². The number of hydrogen-bond acceptors (Lipinski definition) is 5. The fourth-order valence-corrected chi connectivity index (χ4v) is 4.48. The largest absolute Gasteiger partial charge is 0.480 e. The Morgan fingerprint density at radius 2 is 1.93 bits per heavy atom. The predicted molar refractivity (Wildman–Crippen MR) is 113 cm³/mol. The van der Waals surface area contributed by atoms with E-state index >= 15 is 0 Å². The third-order valence-corrected chi connectivity index (χ3v) is 6.20. The summed E-state index contributed by atoms with van der Waals surface area (Å²) in [5.74, 6) is -1.16. The average molecular weight is 434 g/mol. The highest BCUT2D eigenvalue weighted by Gasteiger charge is 2.46. The van der Waals surface area contributed by atoms with Crippen LogP contribution in [0.15, 0.2) is 24.3 Å². The van der Waals surface area contributed by atoms with Gasteiger partial charge in [-0.05, 0) is 30.2 Å². The molecule has 0 bridgehead atoms. The molecule has 0 aliphatic carbocycles. The summed E-state index contributed by atoms with van der Waals surface area (Å²) in [6.45, 7) is 0.801. The summed E-state index contributed by atoms with van der Waals surface area (Å²) in [6.07, 6.45) is 4.43. The van der Waals surface area contributed by atoms with Crippen LogP contribution in [0.25, 0.3) is 0 Å². The molecule has 2 heterocycles. The number of carbonyl (C=O) groups is 4. The quantitative estimate of drug-likeness (QED) is 0.431. The van der Waals surface area contributed by atoms with Crippen LogP contribution in [-0.2, 0) is 27.3 Å². The molecule has 2 aliphatic rings. The van der Waals surface area contributed by atoms with E-state index in [1.54, 1.807) is 11.2 Å². The Bertz CT molecular complexity index is 788. The van der Waals surface area contributed by atoms with Crippen molar-refractivity contribution in [2.75, 3.05) is 18.6 Å². The van der Waals surface area contributed by atoms with Crippen LogP contribution in [0.2, 0.25) is 0 Å². The first-order valence-corrected chi connectivity index (χ1v) is 11.5. The SMILES string of the molecule is CSC[C@H](NC(=O)CCCCCN1C(=O)[C@H]2Cc3ccccc3CN2C1=O)C(=O)O. The number of carboxylic acid groups (broad SMARTS) is 1. The van der Waals surface area contributed by atoms with Gasteiger partial charge in [0, 0.05) is 31.7 Å². The van der Waals surface area contributed by atoms with Crippen LogP contribution in [0, 0.1) is 0 Å². The number of amides is 4. The number of unbranched alkanes of at least 4 members (excludes halogenated alkanes) is 2. The van der Waals surface area contributed by atoms with Crippen molar-refractivity contribution in [1.29, 1.82) is 0 Å². The van der Waals surface area contributed by atoms with E-state index in [0.717, 1.165) is 11.1 Å². The Hall–Kier alpha value is -2.55. The van der Waals surface area contributed by atoms with E-state index in [-0.39, 0.29) is 24.3 Å². The van der Waals surface area contributed by atoms with E-state index in [1.165, 1.54) is 16.7 Å². The van der Waals surface area contributed by atoms with Crippen LogP contribution in [0.3, 0.4) is 0 Å². The zero-order valence-electron chi connectivity index (χ0n) is 17.0. The Balaban J connectivity index is 1.42. The smallest absolute Gasteiger partial charge is 0.327 e. The lowest BCUT2D eigenvalue weighted by Crippen LogP contribution is -2.42. The molecule has 3 rings (SSSR count). The number of benzene rings is 1. The highest BCUT2D eigenvalue weighted by Crippen LogP contribution is 2.30. The van der Waals surface area contributed by atoms with E-state index in [1.807, 2.05) is 24.3 Å². The summed E-state index contributed by atoms with van der Waals surface area (Å²) in [5.41, 5.74) is 2.21. The van der Waals surface area contributed by atoms with Crippen molar-refractivity contribution in [3.05, 3.63) is 35.4 Å². The van der Waals surface area contributed by atoms with Crippen molar-refractivity contribution in [3.8, 4) is 0 Å². The summed E-state index contributed by atoms with van der Waals surface area (Å²) in [7, 11) is 0. The molecule has 1 saturated heterocycles. The molecule has 2 aliphatic heterocycles. The summed E-state index contributed by atoms with van der Waals surface area (Å²) in [6, 6.07) is 6.35. The first-order chi connectivity index (χ1) is 14.4. The maximum absolute atomic E-state index is 12.7. The van der Waals surface area contributed by atoms with Gasteiger partial charge in [-0.25, -0.2) is 9.59 Å². The third kappa shape index (κ3) is 4.95. The van der Waals surface area contributed by atoms with Gasteiger partial charge in [0.1, 0.15) is 12.1 Å². The number of thioether (sulfide) groups is 1. The lowest BCUT2D eigenvalue weighted by Gasteiger charge is -2.28. The van der Waals surface area contributed by atoms with Crippen LogP contribution < -0.4 is 5.32 Å². The van der Waals surface area contributed by atoms with Crippen LogP contribution in [-0.4, -0.2) is 69.4 Å². The molecule has 2 atom stereocenters. The molecule has 1 fully saturated rings. The van der Waals surface area contributed by atoms with E-state index in [0.29, 0.717) is 44.5 Å². The first kappa shape index (κ1) is 22.1. The molecule has 9 heteroatoms.